The van der Waals surface area contributed by atoms with Crippen molar-refractivity contribution in [2.45, 2.75) is 37.8 Å². The first-order valence-corrected chi connectivity index (χ1v) is 6.60. The summed E-state index contributed by atoms with van der Waals surface area (Å²) in [4.78, 5) is 0. The Morgan fingerprint density at radius 2 is 1.42 bits per heavy atom. The van der Waals surface area contributed by atoms with Gasteiger partial charge in [0, 0.05) is 20.3 Å². The minimum Gasteiger partial charge on any atom is -0.269 e. The summed E-state index contributed by atoms with van der Waals surface area (Å²) >= 11 is 0. The summed E-state index contributed by atoms with van der Waals surface area (Å²) in [6.07, 6.45) is 5.75. The minimum atomic E-state index is 0.0289. The van der Waals surface area contributed by atoms with Crippen molar-refractivity contribution >= 4 is 8.22 Å². The molecule has 2 aliphatic rings. The Bertz CT molecular complexity index is 156. The van der Waals surface area contributed by atoms with Gasteiger partial charge in [0.25, 0.3) is 0 Å². The summed E-state index contributed by atoms with van der Waals surface area (Å²) in [5, 5.41) is 0. The Hall–Kier alpha value is 0.350. The Morgan fingerprint density at radius 3 is 1.83 bits per heavy atom. The van der Waals surface area contributed by atoms with Crippen molar-refractivity contribution < 1.29 is 0 Å². The van der Waals surface area contributed by atoms with E-state index in [1.807, 2.05) is 0 Å². The van der Waals surface area contributed by atoms with Crippen LogP contribution in [0.15, 0.2) is 0 Å². The average Bonchev–Trinajstić information content (AvgIpc) is 2.33. The van der Waals surface area contributed by atoms with E-state index in [0.29, 0.717) is 0 Å². The summed E-state index contributed by atoms with van der Waals surface area (Å²) in [5.41, 5.74) is 0. The topological polar surface area (TPSA) is 6.48 Å². The molecule has 1 saturated carbocycles. The number of fused-ring (bicyclic) bond motifs is 1. The lowest BCUT2D eigenvalue weighted by Crippen LogP contribution is -2.37. The first-order chi connectivity index (χ1) is 5.72. The fraction of sp³-hybridized carbons (Fsp3) is 1.00. The molecular formula is C9H19N2P. The van der Waals surface area contributed by atoms with Gasteiger partial charge in [0.2, 0.25) is 0 Å². The lowest BCUT2D eigenvalue weighted by Gasteiger charge is -2.29. The molecule has 2 atom stereocenters. The summed E-state index contributed by atoms with van der Waals surface area (Å²) in [6, 6.07) is 1.75. The molecule has 0 N–H and O–H groups in total. The second-order valence-electron chi connectivity index (χ2n) is 4.06. The van der Waals surface area contributed by atoms with Crippen LogP contribution in [0.5, 0.6) is 0 Å². The highest BCUT2D eigenvalue weighted by molar-refractivity contribution is 7.52. The van der Waals surface area contributed by atoms with Gasteiger partial charge in [-0.1, -0.05) is 12.8 Å². The fourth-order valence-electron chi connectivity index (χ4n) is 2.62. The molecule has 1 aliphatic carbocycles. The van der Waals surface area contributed by atoms with Gasteiger partial charge in [-0.2, -0.15) is 0 Å². The SMILES string of the molecule is CN1C2CCCCC2N(C)P1C. The zero-order valence-corrected chi connectivity index (χ0v) is 9.22. The zero-order chi connectivity index (χ0) is 8.72. The Kier molecular flexibility index (Phi) is 2.42. The van der Waals surface area contributed by atoms with Crippen molar-refractivity contribution in [1.29, 1.82) is 0 Å². The molecule has 70 valence electrons. The Balaban J connectivity index is 2.14. The molecule has 1 saturated heterocycles. The molecule has 1 aliphatic heterocycles. The molecule has 2 nitrogen and oxygen atoms in total. The molecular weight excluding hydrogens is 167 g/mol. The average molecular weight is 186 g/mol. The second kappa shape index (κ2) is 3.25. The van der Waals surface area contributed by atoms with Crippen LogP contribution in [0.25, 0.3) is 0 Å². The first-order valence-electron chi connectivity index (χ1n) is 4.91. The number of rotatable bonds is 0. The van der Waals surface area contributed by atoms with Crippen molar-refractivity contribution in [3.05, 3.63) is 0 Å². The highest BCUT2D eigenvalue weighted by atomic mass is 31.1. The monoisotopic (exact) mass is 186 g/mol. The van der Waals surface area contributed by atoms with Crippen LogP contribution in [0.3, 0.4) is 0 Å². The fourth-order valence-corrected chi connectivity index (χ4v) is 4.46. The Morgan fingerprint density at radius 1 is 1.00 bits per heavy atom. The largest absolute Gasteiger partial charge is 0.269 e. The van der Waals surface area contributed by atoms with Crippen LogP contribution in [0, 0.1) is 0 Å². The van der Waals surface area contributed by atoms with Gasteiger partial charge in [-0.25, -0.2) is 0 Å². The third kappa shape index (κ3) is 1.21. The van der Waals surface area contributed by atoms with Crippen molar-refractivity contribution in [3.63, 3.8) is 0 Å². The van der Waals surface area contributed by atoms with E-state index >= 15 is 0 Å². The van der Waals surface area contributed by atoms with E-state index in [0.717, 1.165) is 12.1 Å². The van der Waals surface area contributed by atoms with Crippen molar-refractivity contribution in [1.82, 2.24) is 9.34 Å². The molecule has 12 heavy (non-hydrogen) atoms. The molecule has 0 spiro atoms. The van der Waals surface area contributed by atoms with Gasteiger partial charge in [-0.05, 0) is 33.6 Å². The Labute approximate surface area is 76.8 Å². The van der Waals surface area contributed by atoms with Crippen molar-refractivity contribution in [2.24, 2.45) is 0 Å². The molecule has 0 aromatic carbocycles. The zero-order valence-electron chi connectivity index (χ0n) is 8.32. The van der Waals surface area contributed by atoms with E-state index in [1.165, 1.54) is 25.7 Å². The normalized spacial score (nSPS) is 44.8. The van der Waals surface area contributed by atoms with Crippen LogP contribution in [-0.2, 0) is 0 Å². The number of hydrogen-bond donors (Lipinski definition) is 0. The van der Waals surface area contributed by atoms with Crippen LogP contribution in [-0.4, -0.2) is 42.2 Å². The van der Waals surface area contributed by atoms with Gasteiger partial charge in [0.05, 0.1) is 0 Å². The van der Waals surface area contributed by atoms with E-state index < -0.39 is 0 Å². The van der Waals surface area contributed by atoms with Crippen LogP contribution < -0.4 is 0 Å². The molecule has 2 unspecified atom stereocenters. The predicted octanol–water partition coefficient (Wildman–Crippen LogP) is 2.12. The minimum absolute atomic E-state index is 0.0289. The van der Waals surface area contributed by atoms with Gasteiger partial charge < -0.3 is 0 Å². The van der Waals surface area contributed by atoms with Gasteiger partial charge in [0.15, 0.2) is 0 Å². The maximum absolute atomic E-state index is 2.61. The molecule has 0 aromatic rings. The van der Waals surface area contributed by atoms with Crippen molar-refractivity contribution in [2.75, 3.05) is 20.8 Å². The van der Waals surface area contributed by atoms with Crippen LogP contribution in [0.4, 0.5) is 0 Å². The summed E-state index contributed by atoms with van der Waals surface area (Å²) in [7, 11) is 4.64. The quantitative estimate of drug-likeness (QED) is 0.535. The van der Waals surface area contributed by atoms with E-state index in [1.54, 1.807) is 0 Å². The van der Waals surface area contributed by atoms with E-state index in [2.05, 4.69) is 30.1 Å². The van der Waals surface area contributed by atoms with Gasteiger partial charge >= 0.3 is 0 Å². The number of nitrogens with zero attached hydrogens (tertiary/aromatic N) is 2. The lowest BCUT2D eigenvalue weighted by atomic mass is 9.91. The molecule has 1 heterocycles. The molecule has 2 fully saturated rings. The highest BCUT2D eigenvalue weighted by Crippen LogP contribution is 2.52. The van der Waals surface area contributed by atoms with E-state index in [-0.39, 0.29) is 8.22 Å². The first kappa shape index (κ1) is 8.93. The second-order valence-corrected chi connectivity index (χ2v) is 6.30. The van der Waals surface area contributed by atoms with Crippen molar-refractivity contribution in [3.8, 4) is 0 Å². The third-order valence-electron chi connectivity index (χ3n) is 3.57. The number of likely N-dealkylation sites (N-methyl/N-ethyl adjacent to an activating group) is 2. The van der Waals surface area contributed by atoms with Crippen LogP contribution >= 0.6 is 8.22 Å². The molecule has 3 heteroatoms. The molecule has 0 aromatic heterocycles. The van der Waals surface area contributed by atoms with Crippen LogP contribution in [0.2, 0.25) is 0 Å². The molecule has 2 rings (SSSR count). The molecule has 0 amide bonds. The smallest absolute Gasteiger partial charge is 0.0362 e. The van der Waals surface area contributed by atoms with E-state index in [9.17, 15) is 0 Å². The van der Waals surface area contributed by atoms with Gasteiger partial charge in [-0.15, -0.1) is 0 Å². The summed E-state index contributed by atoms with van der Waals surface area (Å²) in [6.45, 7) is 2.38. The molecule has 0 radical (unpaired) electrons. The standard InChI is InChI=1S/C9H19N2P/c1-10-8-6-4-5-7-9(8)11(2)12(10)3/h8-9H,4-7H2,1-3H3. The molecule has 0 bridgehead atoms. The van der Waals surface area contributed by atoms with Gasteiger partial charge in [0.1, 0.15) is 0 Å². The third-order valence-corrected chi connectivity index (χ3v) is 5.99. The number of hydrogen-bond acceptors (Lipinski definition) is 2. The summed E-state index contributed by atoms with van der Waals surface area (Å²) < 4.78 is 5.22. The lowest BCUT2D eigenvalue weighted by molar-refractivity contribution is 0.233. The highest BCUT2D eigenvalue weighted by Gasteiger charge is 2.41. The maximum atomic E-state index is 2.61. The summed E-state index contributed by atoms with van der Waals surface area (Å²) in [5.74, 6) is 0. The van der Waals surface area contributed by atoms with E-state index in [4.69, 9.17) is 0 Å². The predicted molar refractivity (Wildman–Crippen MR) is 54.4 cm³/mol. The van der Waals surface area contributed by atoms with Gasteiger partial charge in [-0.3, -0.25) is 9.34 Å². The maximum Gasteiger partial charge on any atom is 0.0362 e. The van der Waals surface area contributed by atoms with Crippen LogP contribution in [0.1, 0.15) is 25.7 Å².